The van der Waals surface area contributed by atoms with Crippen LogP contribution < -0.4 is 4.74 Å². The summed E-state index contributed by atoms with van der Waals surface area (Å²) in [6.07, 6.45) is 3.91. The molecule has 5 nitrogen and oxygen atoms in total. The Labute approximate surface area is 135 Å². The van der Waals surface area contributed by atoms with Crippen molar-refractivity contribution in [1.29, 1.82) is 0 Å². The molecule has 3 rings (SSSR count). The number of esters is 1. The Balaban J connectivity index is 1.97. The number of ether oxygens (including phenoxy) is 2. The number of hydrogen-bond acceptors (Lipinski definition) is 5. The van der Waals surface area contributed by atoms with Crippen LogP contribution in [0.2, 0.25) is 0 Å². The maximum Gasteiger partial charge on any atom is 0.343 e. The van der Waals surface area contributed by atoms with E-state index in [1.54, 1.807) is 0 Å². The minimum Gasteiger partial charge on any atom is -0.465 e. The van der Waals surface area contributed by atoms with Gasteiger partial charge in [0.2, 0.25) is 0 Å². The second-order valence-electron chi connectivity index (χ2n) is 6.06. The van der Waals surface area contributed by atoms with Crippen LogP contribution in [0.3, 0.4) is 0 Å². The second-order valence-corrected chi connectivity index (χ2v) is 6.06. The molecule has 0 bridgehead atoms. The van der Waals surface area contributed by atoms with Gasteiger partial charge in [0, 0.05) is 0 Å². The van der Waals surface area contributed by atoms with Gasteiger partial charge < -0.3 is 9.47 Å². The predicted octanol–water partition coefficient (Wildman–Crippen LogP) is 4.06. The molecule has 0 N–H and O–H groups in total. The van der Waals surface area contributed by atoms with Gasteiger partial charge in [-0.05, 0) is 42.4 Å². The Morgan fingerprint density at radius 1 is 1.30 bits per heavy atom. The summed E-state index contributed by atoms with van der Waals surface area (Å²) < 4.78 is 10.8. The number of carbonyl (C=O) groups is 1. The first-order valence-electron chi connectivity index (χ1n) is 7.82. The van der Waals surface area contributed by atoms with Crippen molar-refractivity contribution in [1.82, 2.24) is 10.2 Å². The highest BCUT2D eigenvalue weighted by molar-refractivity contribution is 5.93. The fraction of sp³-hybridized carbons (Fsp3) is 0.389. The van der Waals surface area contributed by atoms with Crippen molar-refractivity contribution in [2.75, 3.05) is 7.11 Å². The molecular formula is C18H20N2O3. The molecule has 120 valence electrons. The molecule has 0 unspecified atom stereocenters. The van der Waals surface area contributed by atoms with Gasteiger partial charge >= 0.3 is 5.97 Å². The summed E-state index contributed by atoms with van der Waals surface area (Å²) in [5.74, 6) is 1.29. The molecule has 1 aromatic carbocycles. The molecule has 2 aromatic rings. The van der Waals surface area contributed by atoms with Gasteiger partial charge in [-0.25, -0.2) is 4.79 Å². The van der Waals surface area contributed by atoms with Crippen LogP contribution >= 0.6 is 0 Å². The quantitative estimate of drug-likeness (QED) is 0.779. The molecule has 0 atom stereocenters. The summed E-state index contributed by atoms with van der Waals surface area (Å²) in [5, 5.41) is 8.04. The topological polar surface area (TPSA) is 61.3 Å². The molecule has 1 heterocycles. The van der Waals surface area contributed by atoms with Crippen molar-refractivity contribution in [2.24, 2.45) is 0 Å². The van der Waals surface area contributed by atoms with E-state index in [2.05, 4.69) is 16.3 Å². The normalized spacial score (nSPS) is 13.9. The van der Waals surface area contributed by atoms with Gasteiger partial charge in [-0.2, -0.15) is 10.2 Å². The van der Waals surface area contributed by atoms with Gasteiger partial charge in [0.1, 0.15) is 11.3 Å². The number of carbonyl (C=O) groups excluding carboxylic acids is 1. The first kappa shape index (κ1) is 15.5. The van der Waals surface area contributed by atoms with Gasteiger partial charge in [-0.1, -0.05) is 26.0 Å². The molecule has 1 aliphatic carbocycles. The van der Waals surface area contributed by atoms with Gasteiger partial charge in [0.25, 0.3) is 0 Å². The molecule has 23 heavy (non-hydrogen) atoms. The van der Waals surface area contributed by atoms with E-state index in [1.165, 1.54) is 31.7 Å². The lowest BCUT2D eigenvalue weighted by Gasteiger charge is -2.14. The Morgan fingerprint density at radius 3 is 2.74 bits per heavy atom. The average Bonchev–Trinajstić information content (AvgIpc) is 3.39. The zero-order valence-corrected chi connectivity index (χ0v) is 13.6. The molecular weight excluding hydrogens is 292 g/mol. The molecule has 1 aliphatic rings. The SMILES string of the molecule is COC(=O)c1c(Oc2cccc(C3CC3)c2)cnnc1C(C)C. The van der Waals surface area contributed by atoms with Crippen LogP contribution in [-0.2, 0) is 4.74 Å². The monoisotopic (exact) mass is 312 g/mol. The van der Waals surface area contributed by atoms with Gasteiger partial charge in [0.15, 0.2) is 5.75 Å². The largest absolute Gasteiger partial charge is 0.465 e. The summed E-state index contributed by atoms with van der Waals surface area (Å²) >= 11 is 0. The number of aromatic nitrogens is 2. The molecule has 1 aromatic heterocycles. The maximum absolute atomic E-state index is 12.2. The second kappa shape index (κ2) is 6.36. The molecule has 0 amide bonds. The number of benzene rings is 1. The molecule has 1 fully saturated rings. The minimum atomic E-state index is -0.461. The lowest BCUT2D eigenvalue weighted by molar-refractivity contribution is 0.0595. The molecule has 0 aliphatic heterocycles. The Kier molecular flexibility index (Phi) is 4.28. The summed E-state index contributed by atoms with van der Waals surface area (Å²) in [6.45, 7) is 3.90. The van der Waals surface area contributed by atoms with Crippen LogP contribution in [0.25, 0.3) is 0 Å². The van der Waals surface area contributed by atoms with Crippen LogP contribution in [0, 0.1) is 0 Å². The van der Waals surface area contributed by atoms with Crippen molar-refractivity contribution in [3.05, 3.63) is 47.3 Å². The van der Waals surface area contributed by atoms with Crippen LogP contribution in [0.4, 0.5) is 0 Å². The zero-order chi connectivity index (χ0) is 16.4. The van der Waals surface area contributed by atoms with E-state index >= 15 is 0 Å². The van der Waals surface area contributed by atoms with Crippen molar-refractivity contribution >= 4 is 5.97 Å². The van der Waals surface area contributed by atoms with Crippen molar-refractivity contribution in [3.63, 3.8) is 0 Å². The maximum atomic E-state index is 12.2. The third kappa shape index (κ3) is 3.33. The smallest absolute Gasteiger partial charge is 0.343 e. The van der Waals surface area contributed by atoms with E-state index in [0.29, 0.717) is 28.7 Å². The van der Waals surface area contributed by atoms with Gasteiger partial charge in [0.05, 0.1) is 19.0 Å². The van der Waals surface area contributed by atoms with Crippen LogP contribution in [0.5, 0.6) is 11.5 Å². The number of nitrogens with zero attached hydrogens (tertiary/aromatic N) is 2. The van der Waals surface area contributed by atoms with E-state index in [4.69, 9.17) is 9.47 Å². The number of rotatable bonds is 5. The first-order chi connectivity index (χ1) is 11.1. The van der Waals surface area contributed by atoms with E-state index in [-0.39, 0.29) is 5.92 Å². The van der Waals surface area contributed by atoms with E-state index in [1.807, 2.05) is 32.0 Å². The highest BCUT2D eigenvalue weighted by Crippen LogP contribution is 2.41. The summed E-state index contributed by atoms with van der Waals surface area (Å²) in [5.41, 5.74) is 2.19. The molecule has 0 saturated heterocycles. The summed E-state index contributed by atoms with van der Waals surface area (Å²) in [6, 6.07) is 7.98. The van der Waals surface area contributed by atoms with Crippen LogP contribution in [0.1, 0.15) is 60.1 Å². The third-order valence-corrected chi connectivity index (χ3v) is 3.91. The number of methoxy groups -OCH3 is 1. The van der Waals surface area contributed by atoms with E-state index in [0.717, 1.165) is 0 Å². The molecule has 1 saturated carbocycles. The summed E-state index contributed by atoms with van der Waals surface area (Å²) in [4.78, 5) is 12.2. The predicted molar refractivity (Wildman–Crippen MR) is 86.0 cm³/mol. The first-order valence-corrected chi connectivity index (χ1v) is 7.82. The Bertz CT molecular complexity index is 724. The van der Waals surface area contributed by atoms with Crippen molar-refractivity contribution in [2.45, 2.75) is 38.5 Å². The molecule has 0 spiro atoms. The standard InChI is InChI=1S/C18H20N2O3/c1-11(2)17-16(18(21)22-3)15(10-19-20-17)23-14-6-4-5-13(9-14)12-7-8-12/h4-6,9-12H,7-8H2,1-3H3. The van der Waals surface area contributed by atoms with Crippen molar-refractivity contribution in [3.8, 4) is 11.5 Å². The van der Waals surface area contributed by atoms with Gasteiger partial charge in [-0.3, -0.25) is 0 Å². The van der Waals surface area contributed by atoms with Crippen LogP contribution in [0.15, 0.2) is 30.5 Å². The highest BCUT2D eigenvalue weighted by Gasteiger charge is 2.25. The van der Waals surface area contributed by atoms with E-state index < -0.39 is 5.97 Å². The Hall–Kier alpha value is -2.43. The van der Waals surface area contributed by atoms with Crippen LogP contribution in [-0.4, -0.2) is 23.3 Å². The van der Waals surface area contributed by atoms with Crippen molar-refractivity contribution < 1.29 is 14.3 Å². The summed E-state index contributed by atoms with van der Waals surface area (Å²) in [7, 11) is 1.35. The average molecular weight is 312 g/mol. The third-order valence-electron chi connectivity index (χ3n) is 3.91. The molecule has 0 radical (unpaired) electrons. The lowest BCUT2D eigenvalue weighted by Crippen LogP contribution is -2.12. The number of hydrogen-bond donors (Lipinski definition) is 0. The fourth-order valence-electron chi connectivity index (χ4n) is 2.55. The fourth-order valence-corrected chi connectivity index (χ4v) is 2.55. The lowest BCUT2D eigenvalue weighted by atomic mass is 10.0. The van der Waals surface area contributed by atoms with Gasteiger partial charge in [-0.15, -0.1) is 0 Å². The Morgan fingerprint density at radius 2 is 2.09 bits per heavy atom. The zero-order valence-electron chi connectivity index (χ0n) is 13.6. The minimum absolute atomic E-state index is 0.0398. The van der Waals surface area contributed by atoms with E-state index in [9.17, 15) is 4.79 Å². The molecule has 5 heteroatoms. The highest BCUT2D eigenvalue weighted by atomic mass is 16.5.